The van der Waals surface area contributed by atoms with E-state index in [-0.39, 0.29) is 5.75 Å². The monoisotopic (exact) mass is 421 g/mol. The van der Waals surface area contributed by atoms with Crippen LogP contribution in [0.1, 0.15) is 23.6 Å². The molecule has 0 aromatic heterocycles. The number of guanidine groups is 1. The minimum atomic E-state index is -2.85. The summed E-state index contributed by atoms with van der Waals surface area (Å²) in [6, 6.07) is 12.6. The van der Waals surface area contributed by atoms with E-state index in [1.54, 1.807) is 19.2 Å². The number of halogens is 2. The highest BCUT2D eigenvalue weighted by atomic mass is 19.3. The highest BCUT2D eigenvalue weighted by molar-refractivity contribution is 5.79. The Kier molecular flexibility index (Phi) is 9.86. The van der Waals surface area contributed by atoms with Crippen molar-refractivity contribution in [3.8, 4) is 11.5 Å². The molecule has 0 atom stereocenters. The van der Waals surface area contributed by atoms with Gasteiger partial charge in [-0.3, -0.25) is 4.99 Å². The lowest BCUT2D eigenvalue weighted by Crippen LogP contribution is -2.36. The molecule has 0 unspecified atom stereocenters. The molecular formula is C22H29F2N3O3. The summed E-state index contributed by atoms with van der Waals surface area (Å²) in [6.07, 6.45) is 0. The third-order valence-electron chi connectivity index (χ3n) is 4.17. The molecule has 164 valence electrons. The van der Waals surface area contributed by atoms with Gasteiger partial charge in [-0.2, -0.15) is 8.78 Å². The van der Waals surface area contributed by atoms with Gasteiger partial charge in [0.2, 0.25) is 0 Å². The van der Waals surface area contributed by atoms with Crippen LogP contribution in [0.15, 0.2) is 47.5 Å². The van der Waals surface area contributed by atoms with Gasteiger partial charge in [0.1, 0.15) is 18.1 Å². The lowest BCUT2D eigenvalue weighted by molar-refractivity contribution is -0.0498. The van der Waals surface area contributed by atoms with Crippen LogP contribution in [-0.4, -0.2) is 39.4 Å². The van der Waals surface area contributed by atoms with Crippen LogP contribution in [0.5, 0.6) is 11.5 Å². The molecule has 0 bridgehead atoms. The third kappa shape index (κ3) is 8.24. The van der Waals surface area contributed by atoms with Gasteiger partial charge < -0.3 is 24.8 Å². The summed E-state index contributed by atoms with van der Waals surface area (Å²) in [5.41, 5.74) is 2.90. The van der Waals surface area contributed by atoms with E-state index in [2.05, 4.69) is 20.4 Å². The Balaban J connectivity index is 1.91. The van der Waals surface area contributed by atoms with Crippen molar-refractivity contribution < 1.29 is 23.0 Å². The summed E-state index contributed by atoms with van der Waals surface area (Å²) in [7, 11) is 1.67. The Morgan fingerprint density at radius 1 is 1.07 bits per heavy atom. The molecule has 2 aromatic rings. The minimum Gasteiger partial charge on any atom is -0.491 e. The molecule has 0 amide bonds. The van der Waals surface area contributed by atoms with Gasteiger partial charge in [-0.15, -0.1) is 0 Å². The number of alkyl halides is 2. The van der Waals surface area contributed by atoms with Crippen molar-refractivity contribution in [2.24, 2.45) is 4.99 Å². The van der Waals surface area contributed by atoms with Crippen LogP contribution in [0.4, 0.5) is 8.78 Å². The molecule has 30 heavy (non-hydrogen) atoms. The van der Waals surface area contributed by atoms with E-state index < -0.39 is 6.61 Å². The lowest BCUT2D eigenvalue weighted by atomic mass is 10.1. The standard InChI is InChI=1S/C22H29F2N3O3/c1-4-28-10-11-29-20-12-16(2)8-9-18(20)15-27-22(25-3)26-14-17-6-5-7-19(13-17)30-21(23)24/h5-9,12-13,21H,4,10-11,14-15H2,1-3H3,(H2,25,26,27). The molecule has 0 saturated carbocycles. The van der Waals surface area contributed by atoms with E-state index in [0.717, 1.165) is 22.4 Å². The summed E-state index contributed by atoms with van der Waals surface area (Å²) < 4.78 is 40.4. The molecule has 0 saturated heterocycles. The highest BCUT2D eigenvalue weighted by Crippen LogP contribution is 2.20. The fraction of sp³-hybridized carbons (Fsp3) is 0.409. The van der Waals surface area contributed by atoms with Gasteiger partial charge in [-0.25, -0.2) is 0 Å². The van der Waals surface area contributed by atoms with Crippen LogP contribution in [0.25, 0.3) is 0 Å². The summed E-state index contributed by atoms with van der Waals surface area (Å²) in [6.45, 7) is 3.71. The summed E-state index contributed by atoms with van der Waals surface area (Å²) in [5, 5.41) is 6.40. The number of aliphatic imine (C=N–C) groups is 1. The molecule has 6 nitrogen and oxygen atoms in total. The molecule has 8 heteroatoms. The zero-order valence-corrected chi connectivity index (χ0v) is 17.6. The van der Waals surface area contributed by atoms with Gasteiger partial charge in [-0.05, 0) is 43.2 Å². The maximum absolute atomic E-state index is 12.4. The lowest BCUT2D eigenvalue weighted by Gasteiger charge is -2.16. The van der Waals surface area contributed by atoms with E-state index in [1.165, 1.54) is 6.07 Å². The predicted molar refractivity (Wildman–Crippen MR) is 113 cm³/mol. The normalized spacial score (nSPS) is 11.5. The van der Waals surface area contributed by atoms with E-state index in [4.69, 9.17) is 9.47 Å². The molecule has 2 N–H and O–H groups in total. The number of benzene rings is 2. The van der Waals surface area contributed by atoms with Crippen molar-refractivity contribution in [1.82, 2.24) is 10.6 Å². The van der Waals surface area contributed by atoms with Crippen molar-refractivity contribution >= 4 is 5.96 Å². The van der Waals surface area contributed by atoms with Crippen molar-refractivity contribution in [2.45, 2.75) is 33.5 Å². The van der Waals surface area contributed by atoms with Crippen molar-refractivity contribution in [2.75, 3.05) is 26.9 Å². The molecule has 0 heterocycles. The van der Waals surface area contributed by atoms with Gasteiger partial charge >= 0.3 is 6.61 Å². The number of aryl methyl sites for hydroxylation is 1. The molecule has 0 aliphatic heterocycles. The largest absolute Gasteiger partial charge is 0.491 e. The summed E-state index contributed by atoms with van der Waals surface area (Å²) in [5.74, 6) is 1.51. The average Bonchev–Trinajstić information content (AvgIpc) is 2.72. The first-order valence-electron chi connectivity index (χ1n) is 9.80. The van der Waals surface area contributed by atoms with Gasteiger partial charge in [0.25, 0.3) is 0 Å². The Hall–Kier alpha value is -2.87. The van der Waals surface area contributed by atoms with Crippen LogP contribution >= 0.6 is 0 Å². The second kappa shape index (κ2) is 12.6. The van der Waals surface area contributed by atoms with E-state index in [0.29, 0.717) is 38.9 Å². The van der Waals surface area contributed by atoms with Crippen LogP contribution < -0.4 is 20.1 Å². The maximum atomic E-state index is 12.4. The topological polar surface area (TPSA) is 64.1 Å². The third-order valence-corrected chi connectivity index (χ3v) is 4.17. The number of nitrogens with one attached hydrogen (secondary N) is 2. The van der Waals surface area contributed by atoms with Crippen LogP contribution in [0.2, 0.25) is 0 Å². The number of hydrogen-bond acceptors (Lipinski definition) is 4. The van der Waals surface area contributed by atoms with Crippen LogP contribution in [-0.2, 0) is 17.8 Å². The first kappa shape index (κ1) is 23.4. The van der Waals surface area contributed by atoms with Gasteiger partial charge in [0, 0.05) is 32.3 Å². The SMILES string of the molecule is CCOCCOc1cc(C)ccc1CNC(=NC)NCc1cccc(OC(F)F)c1. The fourth-order valence-corrected chi connectivity index (χ4v) is 2.71. The minimum absolute atomic E-state index is 0.126. The first-order chi connectivity index (χ1) is 14.5. The van der Waals surface area contributed by atoms with Crippen LogP contribution in [0, 0.1) is 6.92 Å². The quantitative estimate of drug-likeness (QED) is 0.328. The average molecular weight is 421 g/mol. The second-order valence-electron chi connectivity index (χ2n) is 6.46. The zero-order valence-electron chi connectivity index (χ0n) is 17.6. The first-order valence-corrected chi connectivity index (χ1v) is 9.80. The molecule has 0 fully saturated rings. The predicted octanol–water partition coefficient (Wildman–Crippen LogP) is 3.88. The Bertz CT molecular complexity index is 816. The molecular weight excluding hydrogens is 392 g/mol. The summed E-state index contributed by atoms with van der Waals surface area (Å²) >= 11 is 0. The fourth-order valence-electron chi connectivity index (χ4n) is 2.71. The number of hydrogen-bond donors (Lipinski definition) is 2. The summed E-state index contributed by atoms with van der Waals surface area (Å²) in [4.78, 5) is 4.21. The Morgan fingerprint density at radius 3 is 2.60 bits per heavy atom. The number of ether oxygens (including phenoxy) is 3. The van der Waals surface area contributed by atoms with E-state index >= 15 is 0 Å². The highest BCUT2D eigenvalue weighted by Gasteiger charge is 2.08. The molecule has 0 aliphatic rings. The molecule has 0 radical (unpaired) electrons. The van der Waals surface area contributed by atoms with Crippen molar-refractivity contribution in [3.63, 3.8) is 0 Å². The van der Waals surface area contributed by atoms with E-state index in [9.17, 15) is 8.78 Å². The van der Waals surface area contributed by atoms with Crippen molar-refractivity contribution in [3.05, 3.63) is 59.2 Å². The zero-order chi connectivity index (χ0) is 21.8. The molecule has 0 aliphatic carbocycles. The second-order valence-corrected chi connectivity index (χ2v) is 6.46. The molecule has 2 rings (SSSR count). The van der Waals surface area contributed by atoms with Gasteiger partial charge in [0.15, 0.2) is 5.96 Å². The molecule has 2 aromatic carbocycles. The van der Waals surface area contributed by atoms with Crippen LogP contribution in [0.3, 0.4) is 0 Å². The Labute approximate surface area is 176 Å². The van der Waals surface area contributed by atoms with Gasteiger partial charge in [-0.1, -0.05) is 24.3 Å². The molecule has 0 spiro atoms. The number of nitrogens with zero attached hydrogens (tertiary/aromatic N) is 1. The maximum Gasteiger partial charge on any atom is 0.387 e. The number of rotatable bonds is 11. The van der Waals surface area contributed by atoms with E-state index in [1.807, 2.05) is 38.1 Å². The smallest absolute Gasteiger partial charge is 0.387 e. The van der Waals surface area contributed by atoms with Crippen molar-refractivity contribution in [1.29, 1.82) is 0 Å². The van der Waals surface area contributed by atoms with Gasteiger partial charge in [0.05, 0.1) is 6.61 Å². The Morgan fingerprint density at radius 2 is 1.87 bits per heavy atom.